The van der Waals surface area contributed by atoms with Crippen LogP contribution in [0.15, 0.2) is 65.8 Å². The van der Waals surface area contributed by atoms with Crippen molar-refractivity contribution in [2.75, 3.05) is 20.7 Å². The molecule has 0 aliphatic carbocycles. The zero-order chi connectivity index (χ0) is 19.1. The number of aromatic nitrogens is 2. The van der Waals surface area contributed by atoms with E-state index in [1.165, 1.54) is 16.7 Å². The highest BCUT2D eigenvalue weighted by molar-refractivity contribution is 5.78. The Morgan fingerprint density at radius 3 is 2.79 bits per heavy atom. The fraction of sp³-hybridized carbons (Fsp3) is 0.217. The third-order valence-corrected chi connectivity index (χ3v) is 5.55. The third kappa shape index (κ3) is 2.75. The van der Waals surface area contributed by atoms with E-state index in [9.17, 15) is 0 Å². The Morgan fingerprint density at radius 1 is 1.11 bits per heavy atom. The second-order valence-corrected chi connectivity index (χ2v) is 7.31. The molecule has 0 spiro atoms. The first-order chi connectivity index (χ1) is 13.7. The Bertz CT molecular complexity index is 1140. The second-order valence-electron chi connectivity index (χ2n) is 7.31. The summed E-state index contributed by atoms with van der Waals surface area (Å²) in [6.07, 6.45) is 6.94. The molecule has 0 amide bonds. The van der Waals surface area contributed by atoms with Gasteiger partial charge in [0.25, 0.3) is 0 Å². The second kappa shape index (κ2) is 6.77. The molecule has 28 heavy (non-hydrogen) atoms. The van der Waals surface area contributed by atoms with Gasteiger partial charge in [-0.3, -0.25) is 0 Å². The smallest absolute Gasteiger partial charge is 0.133 e. The van der Waals surface area contributed by atoms with Crippen molar-refractivity contribution < 1.29 is 9.15 Å². The third-order valence-electron chi connectivity index (χ3n) is 5.55. The van der Waals surface area contributed by atoms with Crippen LogP contribution in [0.4, 0.5) is 0 Å². The maximum atomic E-state index is 5.89. The number of benzene rings is 2. The fourth-order valence-corrected chi connectivity index (χ4v) is 4.26. The van der Waals surface area contributed by atoms with Crippen LogP contribution in [0.25, 0.3) is 22.1 Å². The molecule has 5 rings (SSSR count). The molecule has 0 saturated carbocycles. The Kier molecular flexibility index (Phi) is 4.10. The predicted octanol–water partition coefficient (Wildman–Crippen LogP) is 4.48. The zero-order valence-corrected chi connectivity index (χ0v) is 15.9. The molecular formula is C23H21N3O2. The van der Waals surface area contributed by atoms with Crippen molar-refractivity contribution in [1.82, 2.24) is 14.9 Å². The van der Waals surface area contributed by atoms with E-state index in [4.69, 9.17) is 9.15 Å². The summed E-state index contributed by atoms with van der Waals surface area (Å²) in [5, 5.41) is 1.14. The molecule has 0 N–H and O–H groups in total. The summed E-state index contributed by atoms with van der Waals surface area (Å²) in [6.45, 7) is 1.82. The van der Waals surface area contributed by atoms with Gasteiger partial charge in [0, 0.05) is 53.5 Å². The molecule has 5 nitrogen and oxygen atoms in total. The molecule has 2 aromatic heterocycles. The Morgan fingerprint density at radius 2 is 1.96 bits per heavy atom. The van der Waals surface area contributed by atoms with Gasteiger partial charge in [0.05, 0.1) is 13.4 Å². The first-order valence-electron chi connectivity index (χ1n) is 9.35. The van der Waals surface area contributed by atoms with Gasteiger partial charge in [-0.15, -0.1) is 0 Å². The Balaban J connectivity index is 1.66. The molecule has 3 heterocycles. The number of methoxy groups -OCH3 is 1. The van der Waals surface area contributed by atoms with Crippen LogP contribution in [0, 0.1) is 0 Å². The highest BCUT2D eigenvalue weighted by Gasteiger charge is 2.29. The van der Waals surface area contributed by atoms with E-state index in [1.54, 1.807) is 19.7 Å². The van der Waals surface area contributed by atoms with Gasteiger partial charge in [-0.2, -0.15) is 0 Å². The van der Waals surface area contributed by atoms with E-state index < -0.39 is 0 Å². The highest BCUT2D eigenvalue weighted by Crippen LogP contribution is 2.42. The molecule has 0 fully saturated rings. The monoisotopic (exact) mass is 371 g/mol. The molecule has 0 bridgehead atoms. The minimum Gasteiger partial charge on any atom is -0.496 e. The topological polar surface area (TPSA) is 51.4 Å². The average molecular weight is 371 g/mol. The molecule has 1 aliphatic rings. The molecular weight excluding hydrogens is 350 g/mol. The van der Waals surface area contributed by atoms with E-state index in [2.05, 4.69) is 52.2 Å². The van der Waals surface area contributed by atoms with Crippen LogP contribution in [-0.4, -0.2) is 35.6 Å². The van der Waals surface area contributed by atoms with Crippen LogP contribution in [-0.2, 0) is 6.54 Å². The van der Waals surface area contributed by atoms with Crippen LogP contribution in [0.5, 0.6) is 5.75 Å². The van der Waals surface area contributed by atoms with Crippen molar-refractivity contribution in [3.05, 3.63) is 78.1 Å². The molecule has 1 aliphatic heterocycles. The van der Waals surface area contributed by atoms with Crippen molar-refractivity contribution in [2.45, 2.75) is 12.5 Å². The van der Waals surface area contributed by atoms with E-state index in [-0.39, 0.29) is 5.92 Å². The van der Waals surface area contributed by atoms with Crippen LogP contribution in [0.1, 0.15) is 22.6 Å². The van der Waals surface area contributed by atoms with Gasteiger partial charge in [-0.05, 0) is 36.4 Å². The van der Waals surface area contributed by atoms with Crippen molar-refractivity contribution in [3.63, 3.8) is 0 Å². The fourth-order valence-electron chi connectivity index (χ4n) is 4.26. The zero-order valence-electron chi connectivity index (χ0n) is 15.9. The van der Waals surface area contributed by atoms with Gasteiger partial charge in [0.15, 0.2) is 0 Å². The minimum atomic E-state index is 0.281. The molecule has 1 atom stereocenters. The molecule has 5 heteroatoms. The Hall–Kier alpha value is -3.18. The number of nitrogens with zero attached hydrogens (tertiary/aromatic N) is 3. The van der Waals surface area contributed by atoms with Crippen molar-refractivity contribution in [2.24, 2.45) is 0 Å². The number of hydrogen-bond donors (Lipinski definition) is 0. The van der Waals surface area contributed by atoms with Gasteiger partial charge >= 0.3 is 0 Å². The van der Waals surface area contributed by atoms with Gasteiger partial charge in [0.1, 0.15) is 17.7 Å². The minimum absolute atomic E-state index is 0.281. The summed E-state index contributed by atoms with van der Waals surface area (Å²) in [7, 11) is 3.90. The quantitative estimate of drug-likeness (QED) is 0.532. The molecule has 4 aromatic rings. The number of rotatable bonds is 3. The lowest BCUT2D eigenvalue weighted by atomic mass is 9.82. The summed E-state index contributed by atoms with van der Waals surface area (Å²) in [4.78, 5) is 10.7. The summed E-state index contributed by atoms with van der Waals surface area (Å²) in [5.74, 6) is 1.19. The number of hydrogen-bond acceptors (Lipinski definition) is 5. The normalized spacial score (nSPS) is 16.9. The first-order valence-corrected chi connectivity index (χ1v) is 9.35. The van der Waals surface area contributed by atoms with Crippen LogP contribution < -0.4 is 4.74 Å². The lowest BCUT2D eigenvalue weighted by molar-refractivity contribution is 0.286. The van der Waals surface area contributed by atoms with Gasteiger partial charge in [0.2, 0.25) is 0 Å². The van der Waals surface area contributed by atoms with Crippen molar-refractivity contribution in [3.8, 4) is 16.9 Å². The summed E-state index contributed by atoms with van der Waals surface area (Å²) < 4.78 is 11.4. The van der Waals surface area contributed by atoms with E-state index in [0.717, 1.165) is 40.9 Å². The van der Waals surface area contributed by atoms with E-state index >= 15 is 0 Å². The van der Waals surface area contributed by atoms with Gasteiger partial charge in [-0.25, -0.2) is 9.97 Å². The molecule has 2 aromatic carbocycles. The lowest BCUT2D eigenvalue weighted by Gasteiger charge is -2.34. The maximum Gasteiger partial charge on any atom is 0.133 e. The number of furan rings is 1. The first kappa shape index (κ1) is 17.0. The van der Waals surface area contributed by atoms with Crippen LogP contribution in [0.2, 0.25) is 0 Å². The van der Waals surface area contributed by atoms with Crippen molar-refractivity contribution in [1.29, 1.82) is 0 Å². The maximum absolute atomic E-state index is 5.89. The Labute approximate surface area is 163 Å². The number of likely N-dealkylation sites (N-methyl/N-ethyl adjacent to an activating group) is 1. The van der Waals surface area contributed by atoms with Gasteiger partial charge < -0.3 is 14.1 Å². The summed E-state index contributed by atoms with van der Waals surface area (Å²) in [5.41, 5.74) is 6.76. The molecule has 0 saturated heterocycles. The summed E-state index contributed by atoms with van der Waals surface area (Å²) >= 11 is 0. The SMILES string of the molecule is COc1c(-c2cncnc2)ccc2c1CN(C)CC2c1ccc2occc2c1. The number of ether oxygens (including phenoxy) is 1. The molecule has 140 valence electrons. The van der Waals surface area contributed by atoms with E-state index in [1.807, 2.05) is 18.5 Å². The standard InChI is InChI=1S/C23H21N3O2/c1-26-12-20(15-3-6-22-16(9-15)7-8-28-22)19-5-4-18(17-10-24-14-25-11-17)23(27-2)21(19)13-26/h3-11,14,20H,12-13H2,1-2H3. The van der Waals surface area contributed by atoms with Crippen molar-refractivity contribution >= 4 is 11.0 Å². The lowest BCUT2D eigenvalue weighted by Crippen LogP contribution is -2.31. The highest BCUT2D eigenvalue weighted by atomic mass is 16.5. The number of fused-ring (bicyclic) bond motifs is 2. The van der Waals surface area contributed by atoms with Crippen LogP contribution >= 0.6 is 0 Å². The summed E-state index contributed by atoms with van der Waals surface area (Å²) in [6, 6.07) is 12.8. The average Bonchev–Trinajstić information content (AvgIpc) is 3.20. The van der Waals surface area contributed by atoms with Crippen LogP contribution in [0.3, 0.4) is 0 Å². The van der Waals surface area contributed by atoms with Gasteiger partial charge in [-0.1, -0.05) is 18.2 Å². The van der Waals surface area contributed by atoms with E-state index in [0.29, 0.717) is 0 Å². The predicted molar refractivity (Wildman–Crippen MR) is 108 cm³/mol. The molecule has 0 radical (unpaired) electrons. The molecule has 1 unspecified atom stereocenters. The largest absolute Gasteiger partial charge is 0.496 e.